The van der Waals surface area contributed by atoms with Crippen LogP contribution in [0, 0.1) is 5.92 Å². The Morgan fingerprint density at radius 3 is 3.00 bits per heavy atom. The molecule has 0 saturated carbocycles. The number of carboxylic acids is 1. The first-order chi connectivity index (χ1) is 5.22. The summed E-state index contributed by atoms with van der Waals surface area (Å²) in [5.74, 6) is -1.39. The lowest BCUT2D eigenvalue weighted by Gasteiger charge is -2.15. The third-order valence-electron chi connectivity index (χ3n) is 1.43. The third-order valence-corrected chi connectivity index (χ3v) is 1.43. The topological polar surface area (TPSA) is 73.7 Å². The minimum atomic E-state index is -0.860. The Balaban J connectivity index is 2.66. The number of hydrogen-bond acceptors (Lipinski definition) is 4. The molecular weight excluding hydrogens is 146 g/mol. The monoisotopic (exact) mass is 155 g/mol. The zero-order valence-electron chi connectivity index (χ0n) is 6.03. The van der Waals surface area contributed by atoms with Crippen molar-refractivity contribution in [3.8, 4) is 0 Å². The maximum Gasteiger partial charge on any atom is 0.312 e. The number of carboxylic acid groups (broad SMARTS) is 1. The zero-order chi connectivity index (χ0) is 8.27. The van der Waals surface area contributed by atoms with Crippen molar-refractivity contribution in [2.24, 2.45) is 11.0 Å². The fourth-order valence-corrected chi connectivity index (χ4v) is 0.679. The molecule has 1 aliphatic rings. The molecule has 5 nitrogen and oxygen atoms in total. The van der Waals surface area contributed by atoms with E-state index in [4.69, 9.17) is 5.11 Å². The van der Waals surface area contributed by atoms with Gasteiger partial charge in [-0.3, -0.25) is 10.2 Å². The highest BCUT2D eigenvalue weighted by atomic mass is 16.4. The van der Waals surface area contributed by atoms with E-state index in [1.165, 1.54) is 6.21 Å². The summed E-state index contributed by atoms with van der Waals surface area (Å²) in [5, 5.41) is 12.2. The Morgan fingerprint density at radius 1 is 1.82 bits per heavy atom. The molecule has 1 unspecified atom stereocenters. The van der Waals surface area contributed by atoms with Crippen LogP contribution >= 0.6 is 0 Å². The molecular formula is C6H9N3O2. The molecule has 0 fully saturated rings. The summed E-state index contributed by atoms with van der Waals surface area (Å²) in [6, 6.07) is 0. The summed E-state index contributed by atoms with van der Waals surface area (Å²) < 4.78 is 0. The second-order valence-electron chi connectivity index (χ2n) is 2.20. The second kappa shape index (κ2) is 3.05. The van der Waals surface area contributed by atoms with E-state index in [1.807, 2.05) is 0 Å². The van der Waals surface area contributed by atoms with Crippen LogP contribution in [0.15, 0.2) is 16.9 Å². The van der Waals surface area contributed by atoms with E-state index in [0.717, 1.165) is 0 Å². The highest BCUT2D eigenvalue weighted by Crippen LogP contribution is 2.06. The van der Waals surface area contributed by atoms with Crippen LogP contribution in [-0.2, 0) is 4.79 Å². The third kappa shape index (κ3) is 1.70. The molecule has 0 aliphatic carbocycles. The molecule has 60 valence electrons. The van der Waals surface area contributed by atoms with Crippen LogP contribution in [-0.4, -0.2) is 17.3 Å². The van der Waals surface area contributed by atoms with E-state index in [-0.39, 0.29) is 0 Å². The van der Waals surface area contributed by atoms with Gasteiger partial charge in [-0.05, 0) is 13.0 Å². The number of hydrogen-bond donors (Lipinski definition) is 3. The molecule has 1 heterocycles. The number of hydrazine groups is 1. The van der Waals surface area contributed by atoms with Crippen molar-refractivity contribution in [3.63, 3.8) is 0 Å². The molecule has 0 aromatic carbocycles. The summed E-state index contributed by atoms with van der Waals surface area (Å²) >= 11 is 0. The Morgan fingerprint density at radius 2 is 2.55 bits per heavy atom. The van der Waals surface area contributed by atoms with E-state index in [9.17, 15) is 4.79 Å². The second-order valence-corrected chi connectivity index (χ2v) is 2.20. The predicted molar refractivity (Wildman–Crippen MR) is 39.6 cm³/mol. The van der Waals surface area contributed by atoms with Crippen LogP contribution in [0.4, 0.5) is 0 Å². The van der Waals surface area contributed by atoms with Gasteiger partial charge in [0.25, 0.3) is 0 Å². The fourth-order valence-electron chi connectivity index (χ4n) is 0.679. The van der Waals surface area contributed by atoms with Gasteiger partial charge in [0.1, 0.15) is 0 Å². The summed E-state index contributed by atoms with van der Waals surface area (Å²) in [4.78, 5) is 10.4. The molecule has 3 N–H and O–H groups in total. The first kappa shape index (κ1) is 7.59. The van der Waals surface area contributed by atoms with E-state index >= 15 is 0 Å². The molecule has 11 heavy (non-hydrogen) atoms. The van der Waals surface area contributed by atoms with Crippen LogP contribution in [0.25, 0.3) is 0 Å². The molecule has 0 saturated heterocycles. The van der Waals surface area contributed by atoms with Crippen molar-refractivity contribution in [1.29, 1.82) is 0 Å². The molecule has 5 heteroatoms. The van der Waals surface area contributed by atoms with Gasteiger partial charge in [0, 0.05) is 5.70 Å². The lowest BCUT2D eigenvalue weighted by molar-refractivity contribution is -0.140. The normalized spacial score (nSPS) is 17.7. The maximum atomic E-state index is 10.4. The summed E-state index contributed by atoms with van der Waals surface area (Å²) in [6.07, 6.45) is 3.13. The molecule has 0 bridgehead atoms. The largest absolute Gasteiger partial charge is 0.481 e. The minimum Gasteiger partial charge on any atom is -0.481 e. The molecule has 0 radical (unpaired) electrons. The van der Waals surface area contributed by atoms with Crippen LogP contribution in [0.5, 0.6) is 0 Å². The van der Waals surface area contributed by atoms with Gasteiger partial charge in [0.2, 0.25) is 0 Å². The smallest absolute Gasteiger partial charge is 0.312 e. The zero-order valence-corrected chi connectivity index (χ0v) is 6.03. The molecule has 0 spiro atoms. The van der Waals surface area contributed by atoms with Gasteiger partial charge >= 0.3 is 5.97 Å². The van der Waals surface area contributed by atoms with Gasteiger partial charge in [-0.1, -0.05) is 0 Å². The lowest BCUT2D eigenvalue weighted by Crippen LogP contribution is -2.34. The van der Waals surface area contributed by atoms with Crippen LogP contribution in [0.2, 0.25) is 0 Å². The predicted octanol–water partition coefficient (Wildman–Crippen LogP) is -0.315. The molecule has 1 aliphatic heterocycles. The van der Waals surface area contributed by atoms with Gasteiger partial charge in [-0.2, -0.15) is 5.10 Å². The quantitative estimate of drug-likeness (QED) is 0.511. The lowest BCUT2D eigenvalue weighted by atomic mass is 10.1. The highest BCUT2D eigenvalue weighted by molar-refractivity contribution is 5.78. The molecule has 1 rings (SSSR count). The maximum absolute atomic E-state index is 10.4. The van der Waals surface area contributed by atoms with Gasteiger partial charge in [-0.15, -0.1) is 0 Å². The molecule has 0 aromatic heterocycles. The Kier molecular flexibility index (Phi) is 2.10. The SMILES string of the molecule is CC(C(=O)O)C1=CC=NNN1. The minimum absolute atomic E-state index is 0.533. The Hall–Kier alpha value is -1.52. The van der Waals surface area contributed by atoms with E-state index in [2.05, 4.69) is 16.1 Å². The average Bonchev–Trinajstić information content (AvgIpc) is 2.05. The number of nitrogens with one attached hydrogen (secondary N) is 2. The van der Waals surface area contributed by atoms with E-state index < -0.39 is 11.9 Å². The van der Waals surface area contributed by atoms with Gasteiger partial charge in [0.05, 0.1) is 12.1 Å². The van der Waals surface area contributed by atoms with Crippen molar-refractivity contribution < 1.29 is 9.90 Å². The van der Waals surface area contributed by atoms with Crippen LogP contribution < -0.4 is 11.0 Å². The van der Waals surface area contributed by atoms with E-state index in [1.54, 1.807) is 13.0 Å². The van der Waals surface area contributed by atoms with Crippen molar-refractivity contribution in [2.75, 3.05) is 0 Å². The Labute approximate surface area is 63.8 Å². The van der Waals surface area contributed by atoms with E-state index in [0.29, 0.717) is 5.70 Å². The Bertz CT molecular complexity index is 222. The number of aliphatic carboxylic acids is 1. The van der Waals surface area contributed by atoms with Gasteiger partial charge in [-0.25, -0.2) is 5.53 Å². The summed E-state index contributed by atoms with van der Waals surface area (Å²) in [7, 11) is 0. The van der Waals surface area contributed by atoms with Crippen molar-refractivity contribution in [3.05, 3.63) is 11.8 Å². The highest BCUT2D eigenvalue weighted by Gasteiger charge is 2.16. The number of nitrogens with zero attached hydrogens (tertiary/aromatic N) is 1. The van der Waals surface area contributed by atoms with Crippen molar-refractivity contribution in [2.45, 2.75) is 6.92 Å². The van der Waals surface area contributed by atoms with Gasteiger partial charge < -0.3 is 5.11 Å². The summed E-state index contributed by atoms with van der Waals surface area (Å²) in [5.41, 5.74) is 5.70. The first-order valence-electron chi connectivity index (χ1n) is 3.19. The van der Waals surface area contributed by atoms with Crippen molar-refractivity contribution >= 4 is 12.2 Å². The van der Waals surface area contributed by atoms with Gasteiger partial charge in [0.15, 0.2) is 0 Å². The molecule has 0 amide bonds. The first-order valence-corrected chi connectivity index (χ1v) is 3.19. The fraction of sp³-hybridized carbons (Fsp3) is 0.333. The molecule has 0 aromatic rings. The van der Waals surface area contributed by atoms with Crippen molar-refractivity contribution in [1.82, 2.24) is 11.0 Å². The molecule has 1 atom stereocenters. The average molecular weight is 155 g/mol. The number of carbonyl (C=O) groups is 1. The van der Waals surface area contributed by atoms with Crippen LogP contribution in [0.1, 0.15) is 6.92 Å². The number of rotatable bonds is 2. The summed E-state index contributed by atoms with van der Waals surface area (Å²) in [6.45, 7) is 1.60. The van der Waals surface area contributed by atoms with Crippen LogP contribution in [0.3, 0.4) is 0 Å². The number of allylic oxidation sites excluding steroid dienone is 1. The standard InChI is InChI=1S/C6H9N3O2/c1-4(6(10)11)5-2-3-7-9-8-5/h2-4,8-9H,1H3,(H,10,11). The number of hydrazone groups is 1.